The molecule has 7 nitrogen and oxygen atoms in total. The number of amides is 1. The molecule has 4 rings (SSSR count). The van der Waals surface area contributed by atoms with Crippen LogP contribution in [0.5, 0.6) is 0 Å². The number of hydrogen-bond donors (Lipinski definition) is 1. The van der Waals surface area contributed by atoms with Gasteiger partial charge in [-0.25, -0.2) is 9.67 Å². The van der Waals surface area contributed by atoms with Gasteiger partial charge in [0.25, 0.3) is 11.5 Å². The summed E-state index contributed by atoms with van der Waals surface area (Å²) in [7, 11) is 1.52. The fourth-order valence-corrected chi connectivity index (χ4v) is 3.15. The quantitative estimate of drug-likeness (QED) is 0.528. The molecule has 1 amide bonds. The van der Waals surface area contributed by atoms with Crippen LogP contribution in [0.25, 0.3) is 22.2 Å². The van der Waals surface area contributed by atoms with Gasteiger partial charge >= 0.3 is 0 Å². The van der Waals surface area contributed by atoms with Crippen molar-refractivity contribution >= 4 is 32.6 Å². The zero-order valence-corrected chi connectivity index (χ0v) is 16.4. The lowest BCUT2D eigenvalue weighted by molar-refractivity contribution is 0.0957. The Hall–Kier alpha value is -3.26. The van der Waals surface area contributed by atoms with Crippen LogP contribution in [0.4, 0.5) is 0 Å². The molecular formula is C20H15BrN4O3. The highest BCUT2D eigenvalue weighted by molar-refractivity contribution is 9.10. The normalized spacial score (nSPS) is 10.9. The van der Waals surface area contributed by atoms with E-state index >= 15 is 0 Å². The molecule has 1 N–H and O–H groups in total. The Morgan fingerprint density at radius 3 is 2.57 bits per heavy atom. The summed E-state index contributed by atoms with van der Waals surface area (Å²) in [6.45, 7) is 0.0910. The van der Waals surface area contributed by atoms with Gasteiger partial charge in [0, 0.05) is 22.5 Å². The number of aromatic nitrogens is 3. The minimum Gasteiger partial charge on any atom is -0.444 e. The van der Waals surface area contributed by atoms with E-state index in [-0.39, 0.29) is 23.7 Å². The molecule has 0 saturated heterocycles. The molecule has 0 radical (unpaired) electrons. The first kappa shape index (κ1) is 18.1. The van der Waals surface area contributed by atoms with Crippen LogP contribution in [-0.2, 0) is 6.54 Å². The van der Waals surface area contributed by atoms with E-state index in [0.29, 0.717) is 22.4 Å². The molecule has 28 heavy (non-hydrogen) atoms. The third-order valence-corrected chi connectivity index (χ3v) is 4.79. The number of oxazole rings is 1. The predicted molar refractivity (Wildman–Crippen MR) is 108 cm³/mol. The molecule has 2 heterocycles. The highest BCUT2D eigenvalue weighted by Gasteiger charge is 2.16. The van der Waals surface area contributed by atoms with Crippen LogP contribution in [0.15, 0.2) is 68.5 Å². The Bertz CT molecular complexity index is 1230. The molecule has 0 aliphatic carbocycles. The summed E-state index contributed by atoms with van der Waals surface area (Å²) >= 11 is 3.39. The van der Waals surface area contributed by atoms with E-state index in [2.05, 4.69) is 31.3 Å². The molecule has 2 aromatic heterocycles. The van der Waals surface area contributed by atoms with Crippen molar-refractivity contribution < 1.29 is 9.21 Å². The first-order chi connectivity index (χ1) is 13.6. The number of benzene rings is 2. The first-order valence-electron chi connectivity index (χ1n) is 8.49. The van der Waals surface area contributed by atoms with Gasteiger partial charge in [-0.1, -0.05) is 34.1 Å². The summed E-state index contributed by atoms with van der Waals surface area (Å²) in [5.41, 5.74) is 1.25. The van der Waals surface area contributed by atoms with Crippen molar-refractivity contribution in [1.29, 1.82) is 0 Å². The lowest BCUT2D eigenvalue weighted by Crippen LogP contribution is -2.29. The maximum atomic E-state index is 12.8. The number of nitrogens with one attached hydrogen (secondary N) is 1. The van der Waals surface area contributed by atoms with E-state index in [9.17, 15) is 9.59 Å². The molecule has 8 heteroatoms. The second-order valence-electron chi connectivity index (χ2n) is 6.09. The van der Waals surface area contributed by atoms with E-state index < -0.39 is 0 Å². The second-order valence-corrected chi connectivity index (χ2v) is 7.00. The molecule has 0 saturated carbocycles. The van der Waals surface area contributed by atoms with Crippen molar-refractivity contribution in [3.8, 4) is 11.5 Å². The van der Waals surface area contributed by atoms with Crippen molar-refractivity contribution in [1.82, 2.24) is 20.1 Å². The van der Waals surface area contributed by atoms with Gasteiger partial charge in [0.05, 0.1) is 11.9 Å². The van der Waals surface area contributed by atoms with Crippen molar-refractivity contribution in [2.45, 2.75) is 6.54 Å². The van der Waals surface area contributed by atoms with Gasteiger partial charge in [-0.15, -0.1) is 0 Å². The van der Waals surface area contributed by atoms with Gasteiger partial charge in [-0.2, -0.15) is 5.10 Å². The summed E-state index contributed by atoms with van der Waals surface area (Å²) in [6, 6.07) is 14.5. The summed E-state index contributed by atoms with van der Waals surface area (Å²) in [6.07, 6.45) is 1.49. The Labute approximate surface area is 168 Å². The SMILES string of the molecule is CNC(=O)c1nn(Cc2coc(-c3ccc(Br)cc3)n2)c(=O)c2ccccc12. The van der Waals surface area contributed by atoms with Crippen molar-refractivity contribution in [2.24, 2.45) is 0 Å². The molecule has 0 aliphatic heterocycles. The van der Waals surface area contributed by atoms with Crippen LogP contribution in [0.1, 0.15) is 16.2 Å². The fourth-order valence-electron chi connectivity index (χ4n) is 2.89. The van der Waals surface area contributed by atoms with Crippen LogP contribution in [0.3, 0.4) is 0 Å². The molecule has 140 valence electrons. The molecule has 4 aromatic rings. The van der Waals surface area contributed by atoms with E-state index in [1.165, 1.54) is 18.0 Å². The van der Waals surface area contributed by atoms with Crippen molar-refractivity contribution in [3.63, 3.8) is 0 Å². The third-order valence-electron chi connectivity index (χ3n) is 4.26. The molecule has 0 atom stereocenters. The largest absolute Gasteiger partial charge is 0.444 e. The molecular weight excluding hydrogens is 424 g/mol. The monoisotopic (exact) mass is 438 g/mol. The van der Waals surface area contributed by atoms with Gasteiger partial charge in [-0.05, 0) is 30.3 Å². The maximum Gasteiger partial charge on any atom is 0.275 e. The summed E-state index contributed by atoms with van der Waals surface area (Å²) in [5, 5.41) is 7.76. The molecule has 0 fully saturated rings. The number of carbonyl (C=O) groups is 1. The van der Waals surface area contributed by atoms with Crippen LogP contribution >= 0.6 is 15.9 Å². The molecule has 0 aliphatic rings. The number of fused-ring (bicyclic) bond motifs is 1. The lowest BCUT2D eigenvalue weighted by Gasteiger charge is -2.09. The predicted octanol–water partition coefficient (Wildman–Crippen LogP) is 3.22. The number of rotatable bonds is 4. The van der Waals surface area contributed by atoms with Crippen LogP contribution in [0.2, 0.25) is 0 Å². The topological polar surface area (TPSA) is 90.0 Å². The molecule has 0 bridgehead atoms. The maximum absolute atomic E-state index is 12.8. The van der Waals surface area contributed by atoms with Gasteiger partial charge in [0.2, 0.25) is 5.89 Å². The van der Waals surface area contributed by atoms with Gasteiger partial charge in [0.1, 0.15) is 12.0 Å². The smallest absolute Gasteiger partial charge is 0.275 e. The highest BCUT2D eigenvalue weighted by Crippen LogP contribution is 2.21. The number of nitrogens with zero attached hydrogens (tertiary/aromatic N) is 3. The molecule has 0 spiro atoms. The first-order valence-corrected chi connectivity index (χ1v) is 9.28. The van der Waals surface area contributed by atoms with E-state index in [1.807, 2.05) is 24.3 Å². The Morgan fingerprint density at radius 2 is 1.86 bits per heavy atom. The lowest BCUT2D eigenvalue weighted by atomic mass is 10.1. The summed E-state index contributed by atoms with van der Waals surface area (Å²) < 4.78 is 7.73. The van der Waals surface area contributed by atoms with E-state index in [0.717, 1.165) is 10.0 Å². The molecule has 2 aromatic carbocycles. The molecule has 0 unspecified atom stereocenters. The Kier molecular flexibility index (Phi) is 4.79. The zero-order valence-electron chi connectivity index (χ0n) is 14.8. The minimum atomic E-state index is -0.361. The fraction of sp³-hybridized carbons (Fsp3) is 0.100. The van der Waals surface area contributed by atoms with E-state index in [1.54, 1.807) is 24.3 Å². The summed E-state index contributed by atoms with van der Waals surface area (Å²) in [5.74, 6) is 0.0866. The third kappa shape index (κ3) is 3.34. The number of hydrogen-bond acceptors (Lipinski definition) is 5. The Morgan fingerprint density at radius 1 is 1.14 bits per heavy atom. The average molecular weight is 439 g/mol. The standard InChI is InChI=1S/C20H15BrN4O3/c1-22-18(26)17-15-4-2-3-5-16(15)20(27)25(24-17)10-14-11-28-19(23-14)12-6-8-13(21)9-7-12/h2-9,11H,10H2,1H3,(H,22,26). The van der Waals surface area contributed by atoms with Gasteiger partial charge in [-0.3, -0.25) is 9.59 Å². The van der Waals surface area contributed by atoms with Crippen LogP contribution < -0.4 is 10.9 Å². The van der Waals surface area contributed by atoms with Gasteiger partial charge < -0.3 is 9.73 Å². The van der Waals surface area contributed by atoms with Crippen molar-refractivity contribution in [3.05, 3.63) is 81.0 Å². The minimum absolute atomic E-state index is 0.0910. The average Bonchev–Trinajstić information content (AvgIpc) is 3.18. The Balaban J connectivity index is 1.74. The van der Waals surface area contributed by atoms with Gasteiger partial charge in [0.15, 0.2) is 5.69 Å². The number of carbonyl (C=O) groups excluding carboxylic acids is 1. The number of halogens is 1. The highest BCUT2D eigenvalue weighted by atomic mass is 79.9. The van der Waals surface area contributed by atoms with Crippen molar-refractivity contribution in [2.75, 3.05) is 7.05 Å². The van der Waals surface area contributed by atoms with Crippen LogP contribution in [0, 0.1) is 0 Å². The zero-order chi connectivity index (χ0) is 19.7. The second kappa shape index (κ2) is 7.40. The van der Waals surface area contributed by atoms with E-state index in [4.69, 9.17) is 4.42 Å². The van der Waals surface area contributed by atoms with Crippen LogP contribution in [-0.4, -0.2) is 27.7 Å². The summed E-state index contributed by atoms with van der Waals surface area (Å²) in [4.78, 5) is 29.5.